The summed E-state index contributed by atoms with van der Waals surface area (Å²) >= 11 is 1.87. The second-order valence-electron chi connectivity index (χ2n) is 5.91. The lowest BCUT2D eigenvalue weighted by Crippen LogP contribution is -2.21. The predicted molar refractivity (Wildman–Crippen MR) is 85.2 cm³/mol. The maximum atomic E-state index is 6.10. The van der Waals surface area contributed by atoms with E-state index in [9.17, 15) is 0 Å². The summed E-state index contributed by atoms with van der Waals surface area (Å²) in [5, 5.41) is 0. The van der Waals surface area contributed by atoms with E-state index < -0.39 is 0 Å². The fourth-order valence-electron chi connectivity index (χ4n) is 2.63. The molecule has 1 fully saturated rings. The highest BCUT2D eigenvalue weighted by atomic mass is 32.2. The van der Waals surface area contributed by atoms with Gasteiger partial charge in [0.2, 0.25) is 0 Å². The fourth-order valence-corrected chi connectivity index (χ4v) is 3.90. The molecule has 0 saturated carbocycles. The topological polar surface area (TPSA) is 12.5 Å². The van der Waals surface area contributed by atoms with E-state index in [1.807, 2.05) is 11.8 Å². The molecule has 1 atom stereocenters. The first-order valence-electron chi connectivity index (χ1n) is 6.99. The van der Waals surface area contributed by atoms with Crippen molar-refractivity contribution in [2.75, 3.05) is 5.75 Å². The molecule has 3 rings (SSSR count). The van der Waals surface area contributed by atoms with Crippen molar-refractivity contribution in [1.82, 2.24) is 0 Å². The van der Waals surface area contributed by atoms with Crippen LogP contribution in [0.2, 0.25) is 0 Å². The molecule has 0 spiro atoms. The van der Waals surface area contributed by atoms with Crippen LogP contribution in [-0.4, -0.2) is 11.4 Å². The van der Waals surface area contributed by atoms with Crippen molar-refractivity contribution in [2.24, 2.45) is 0 Å². The fraction of sp³-hybridized carbons (Fsp3) is 0.333. The molecule has 0 radical (unpaired) electrons. The van der Waals surface area contributed by atoms with Gasteiger partial charge in [-0.15, -0.1) is 11.8 Å². The predicted octanol–water partition coefficient (Wildman–Crippen LogP) is 4.79. The average Bonchev–Trinajstić information content (AvgIpc) is 3.02. The molecule has 1 saturated heterocycles. The Hall–Kier alpha value is -1.25. The molecule has 1 nitrogen and oxygen atoms in total. The van der Waals surface area contributed by atoms with Crippen LogP contribution in [0, 0.1) is 6.92 Å². The summed E-state index contributed by atoms with van der Waals surface area (Å²) in [4.78, 5) is 1.30. The third-order valence-corrected chi connectivity index (χ3v) is 5.22. The molecule has 1 unspecified atom stereocenters. The van der Waals surface area contributed by atoms with Crippen LogP contribution in [0.3, 0.4) is 0 Å². The molecule has 2 aromatic rings. The third-order valence-electron chi connectivity index (χ3n) is 4.06. The summed E-state index contributed by atoms with van der Waals surface area (Å²) < 4.78 is 6.10. The van der Waals surface area contributed by atoms with Crippen LogP contribution in [0.1, 0.15) is 25.0 Å². The van der Waals surface area contributed by atoms with Crippen molar-refractivity contribution in [3.05, 3.63) is 65.7 Å². The Bertz CT molecular complexity index is 589. The first kappa shape index (κ1) is 13.7. The number of epoxide rings is 1. The quantitative estimate of drug-likeness (QED) is 0.591. The van der Waals surface area contributed by atoms with E-state index in [2.05, 4.69) is 75.4 Å². The highest BCUT2D eigenvalue weighted by Crippen LogP contribution is 2.57. The summed E-state index contributed by atoms with van der Waals surface area (Å²) in [5.74, 6) is 0.951. The maximum absolute atomic E-state index is 6.10. The Morgan fingerprint density at radius 3 is 2.10 bits per heavy atom. The lowest BCUT2D eigenvalue weighted by Gasteiger charge is -2.15. The van der Waals surface area contributed by atoms with E-state index in [-0.39, 0.29) is 11.2 Å². The summed E-state index contributed by atoms with van der Waals surface area (Å²) in [5.41, 5.74) is 2.36. The highest BCUT2D eigenvalue weighted by Gasteiger charge is 2.64. The molecule has 104 valence electrons. The van der Waals surface area contributed by atoms with Gasteiger partial charge in [0.15, 0.2) is 0 Å². The van der Waals surface area contributed by atoms with Crippen molar-refractivity contribution in [3.63, 3.8) is 0 Å². The van der Waals surface area contributed by atoms with Crippen LogP contribution in [-0.2, 0) is 10.3 Å². The van der Waals surface area contributed by atoms with E-state index in [1.54, 1.807) is 0 Å². The van der Waals surface area contributed by atoms with Gasteiger partial charge in [-0.3, -0.25) is 0 Å². The molecule has 0 amide bonds. The Morgan fingerprint density at radius 2 is 1.55 bits per heavy atom. The summed E-state index contributed by atoms with van der Waals surface area (Å²) in [6.45, 7) is 6.47. The zero-order valence-corrected chi connectivity index (χ0v) is 13.0. The second-order valence-corrected chi connectivity index (χ2v) is 6.96. The average molecular weight is 284 g/mol. The zero-order valence-electron chi connectivity index (χ0n) is 12.2. The van der Waals surface area contributed by atoms with Crippen molar-refractivity contribution in [1.29, 1.82) is 0 Å². The van der Waals surface area contributed by atoms with E-state index >= 15 is 0 Å². The number of aryl methyl sites for hydroxylation is 1. The highest BCUT2D eigenvalue weighted by molar-refractivity contribution is 7.99. The minimum absolute atomic E-state index is 0.0773. The standard InChI is InChI=1S/C18H20OS/c1-14-9-11-16(12-10-14)20-13-18(17(2,3)19-18)15-7-5-4-6-8-15/h4-12H,13H2,1-3H3. The van der Waals surface area contributed by atoms with Gasteiger partial charge in [0.05, 0.1) is 5.60 Å². The monoisotopic (exact) mass is 284 g/mol. The Labute approximate surface area is 125 Å². The van der Waals surface area contributed by atoms with Crippen LogP contribution in [0.5, 0.6) is 0 Å². The third kappa shape index (κ3) is 2.38. The smallest absolute Gasteiger partial charge is 0.132 e. The molecule has 0 bridgehead atoms. The number of benzene rings is 2. The van der Waals surface area contributed by atoms with E-state index in [4.69, 9.17) is 4.74 Å². The summed E-state index contributed by atoms with van der Waals surface area (Å²) in [6.07, 6.45) is 0. The first-order valence-corrected chi connectivity index (χ1v) is 7.97. The molecule has 20 heavy (non-hydrogen) atoms. The maximum Gasteiger partial charge on any atom is 0.132 e. The molecule has 1 heterocycles. The molecule has 2 heteroatoms. The Balaban J connectivity index is 1.79. The molecule has 0 aliphatic carbocycles. The number of thioether (sulfide) groups is 1. The zero-order chi connectivity index (χ0) is 14.2. The molecular formula is C18H20OS. The number of hydrogen-bond donors (Lipinski definition) is 0. The van der Waals surface area contributed by atoms with Gasteiger partial charge in [0.1, 0.15) is 5.60 Å². The SMILES string of the molecule is Cc1ccc(SCC2(c3ccccc3)OC2(C)C)cc1. The van der Waals surface area contributed by atoms with Gasteiger partial charge in [-0.1, -0.05) is 48.0 Å². The van der Waals surface area contributed by atoms with Crippen LogP contribution in [0.15, 0.2) is 59.5 Å². The summed E-state index contributed by atoms with van der Waals surface area (Å²) in [6, 6.07) is 19.3. The Kier molecular flexibility index (Phi) is 3.39. The lowest BCUT2D eigenvalue weighted by molar-refractivity contribution is 0.290. The van der Waals surface area contributed by atoms with Gasteiger partial charge < -0.3 is 4.74 Å². The first-order chi connectivity index (χ1) is 9.53. The number of ether oxygens (including phenoxy) is 1. The van der Waals surface area contributed by atoms with Gasteiger partial charge in [-0.25, -0.2) is 0 Å². The number of hydrogen-bond acceptors (Lipinski definition) is 2. The van der Waals surface area contributed by atoms with E-state index in [0.29, 0.717) is 0 Å². The van der Waals surface area contributed by atoms with Gasteiger partial charge >= 0.3 is 0 Å². The molecule has 1 aliphatic heterocycles. The Morgan fingerprint density at radius 1 is 0.950 bits per heavy atom. The van der Waals surface area contributed by atoms with Crippen molar-refractivity contribution < 1.29 is 4.74 Å². The normalized spacial score (nSPS) is 23.6. The molecular weight excluding hydrogens is 264 g/mol. The second kappa shape index (κ2) is 4.94. The van der Waals surface area contributed by atoms with E-state index in [1.165, 1.54) is 16.0 Å². The van der Waals surface area contributed by atoms with Gasteiger partial charge in [0, 0.05) is 10.6 Å². The molecule has 2 aromatic carbocycles. The van der Waals surface area contributed by atoms with Crippen molar-refractivity contribution in [3.8, 4) is 0 Å². The molecule has 0 aromatic heterocycles. The van der Waals surface area contributed by atoms with Crippen LogP contribution >= 0.6 is 11.8 Å². The molecule has 0 N–H and O–H groups in total. The van der Waals surface area contributed by atoms with Crippen LogP contribution in [0.25, 0.3) is 0 Å². The van der Waals surface area contributed by atoms with Crippen molar-refractivity contribution in [2.45, 2.75) is 36.9 Å². The molecule has 1 aliphatic rings. The van der Waals surface area contributed by atoms with Gasteiger partial charge in [-0.05, 0) is 38.5 Å². The summed E-state index contributed by atoms with van der Waals surface area (Å²) in [7, 11) is 0. The van der Waals surface area contributed by atoms with E-state index in [0.717, 1.165) is 5.75 Å². The largest absolute Gasteiger partial charge is 0.357 e. The van der Waals surface area contributed by atoms with Crippen LogP contribution < -0.4 is 0 Å². The minimum atomic E-state index is -0.149. The minimum Gasteiger partial charge on any atom is -0.357 e. The lowest BCUT2D eigenvalue weighted by atomic mass is 9.90. The van der Waals surface area contributed by atoms with Crippen LogP contribution in [0.4, 0.5) is 0 Å². The number of rotatable bonds is 4. The van der Waals surface area contributed by atoms with Gasteiger partial charge in [0.25, 0.3) is 0 Å². The van der Waals surface area contributed by atoms with Gasteiger partial charge in [-0.2, -0.15) is 0 Å². The van der Waals surface area contributed by atoms with Crippen molar-refractivity contribution >= 4 is 11.8 Å².